The van der Waals surface area contributed by atoms with Crippen LogP contribution in [0.3, 0.4) is 0 Å². The Morgan fingerprint density at radius 2 is 0.600 bits per heavy atom. The van der Waals surface area contributed by atoms with Crippen LogP contribution in [0.15, 0.2) is 0 Å². The van der Waals surface area contributed by atoms with Crippen LogP contribution < -0.4 is 0 Å². The second-order valence-corrected chi connectivity index (χ2v) is 0. The molecular weight excluding hydrogens is 211 g/mol. The number of hydrogen-bond donors (Lipinski definition) is 0. The van der Waals surface area contributed by atoms with Gasteiger partial charge in [-0.05, 0) is 0 Å². The monoisotopic (exact) mass is 215 g/mol. The van der Waals surface area contributed by atoms with E-state index < -0.39 is 0 Å². The first-order chi connectivity index (χ1) is 0. The smallest absolute Gasteiger partial charge is 0 e. The third-order valence-electron chi connectivity index (χ3n) is 0. The molecule has 0 aromatic carbocycles. The molecule has 0 heterocycles. The van der Waals surface area contributed by atoms with Gasteiger partial charge < -0.3 is 11.0 Å². The third kappa shape index (κ3) is 35.8. The Kier molecular flexibility index (Phi) is 1360. The molecule has 0 saturated carbocycles. The van der Waals surface area contributed by atoms with Crippen LogP contribution in [0.1, 0.15) is 0 Å². The fraction of sp³-hybridized carbons (Fsp3) is 0. The van der Waals surface area contributed by atoms with Gasteiger partial charge in [0, 0.05) is 22.4 Å². The molecular formula is H6AgCl2O2. The van der Waals surface area contributed by atoms with Gasteiger partial charge in [0.15, 0.2) is 0 Å². The van der Waals surface area contributed by atoms with E-state index in [1.165, 1.54) is 0 Å². The van der Waals surface area contributed by atoms with Crippen molar-refractivity contribution in [2.24, 2.45) is 0 Å². The summed E-state index contributed by atoms with van der Waals surface area (Å²) in [5.74, 6) is 0. The fourth-order valence-electron chi connectivity index (χ4n) is 0. The van der Waals surface area contributed by atoms with E-state index in [9.17, 15) is 0 Å². The van der Waals surface area contributed by atoms with Crippen LogP contribution in [-0.2, 0) is 22.4 Å². The predicted octanol–water partition coefficient (Wildman–Crippen LogP) is -0.808. The Bertz CT molecular complexity index is 7.61. The number of rotatable bonds is 0. The molecule has 5 heavy (non-hydrogen) atoms. The zero-order valence-corrected chi connectivity index (χ0v) is 5.23. The van der Waals surface area contributed by atoms with Crippen molar-refractivity contribution < 1.29 is 33.3 Å². The van der Waals surface area contributed by atoms with Crippen molar-refractivity contribution in [3.63, 3.8) is 0 Å². The Balaban J connectivity index is 0. The van der Waals surface area contributed by atoms with Gasteiger partial charge in [-0.3, -0.25) is 0 Å². The molecule has 0 atom stereocenters. The minimum absolute atomic E-state index is 0. The molecule has 1 radical (unpaired) electrons. The summed E-state index contributed by atoms with van der Waals surface area (Å²) >= 11 is 0. The van der Waals surface area contributed by atoms with E-state index in [-0.39, 0.29) is 58.1 Å². The van der Waals surface area contributed by atoms with E-state index >= 15 is 0 Å². The summed E-state index contributed by atoms with van der Waals surface area (Å²) in [6, 6.07) is 0. The average molecular weight is 217 g/mol. The van der Waals surface area contributed by atoms with Crippen LogP contribution in [-0.4, -0.2) is 11.0 Å². The van der Waals surface area contributed by atoms with Crippen molar-refractivity contribution in [1.29, 1.82) is 0 Å². The summed E-state index contributed by atoms with van der Waals surface area (Å²) in [5, 5.41) is 0. The standard InChI is InChI=1S/Ag.2ClH.2H2O/h;2*1H;2*1H2. The van der Waals surface area contributed by atoms with Crippen molar-refractivity contribution >= 4 is 24.8 Å². The first-order valence-electron chi connectivity index (χ1n) is 0. The molecule has 5 heteroatoms. The average Bonchev–Trinajstić information content (AvgIpc) is 0. The normalized spacial score (nSPS) is 0. The maximum absolute atomic E-state index is 0. The van der Waals surface area contributed by atoms with Crippen LogP contribution in [0.4, 0.5) is 0 Å². The maximum Gasteiger partial charge on any atom is 0 e. The van der Waals surface area contributed by atoms with Gasteiger partial charge >= 0.3 is 0 Å². The molecule has 0 unspecified atom stereocenters. The van der Waals surface area contributed by atoms with Crippen molar-refractivity contribution in [2.45, 2.75) is 0 Å². The summed E-state index contributed by atoms with van der Waals surface area (Å²) in [6.07, 6.45) is 0. The van der Waals surface area contributed by atoms with E-state index in [1.807, 2.05) is 0 Å². The molecule has 0 amide bonds. The van der Waals surface area contributed by atoms with E-state index in [0.717, 1.165) is 0 Å². The van der Waals surface area contributed by atoms with Gasteiger partial charge in [0.25, 0.3) is 0 Å². The van der Waals surface area contributed by atoms with Crippen molar-refractivity contribution in [2.75, 3.05) is 0 Å². The molecule has 0 aromatic rings. The van der Waals surface area contributed by atoms with E-state index in [0.29, 0.717) is 0 Å². The van der Waals surface area contributed by atoms with Gasteiger partial charge in [-0.2, -0.15) is 0 Å². The van der Waals surface area contributed by atoms with Crippen molar-refractivity contribution in [1.82, 2.24) is 0 Å². The first kappa shape index (κ1) is 111. The minimum atomic E-state index is 0. The van der Waals surface area contributed by atoms with Crippen LogP contribution in [0, 0.1) is 0 Å². The van der Waals surface area contributed by atoms with Gasteiger partial charge in [-0.15, -0.1) is 24.8 Å². The minimum Gasteiger partial charge on any atom is -0.412 e. The molecule has 0 aliphatic rings. The van der Waals surface area contributed by atoms with Crippen LogP contribution in [0.2, 0.25) is 0 Å². The van der Waals surface area contributed by atoms with Crippen LogP contribution in [0.25, 0.3) is 0 Å². The molecule has 0 bridgehead atoms. The molecule has 0 spiro atoms. The predicted molar refractivity (Wildman–Crippen MR) is 21.7 cm³/mol. The third-order valence-corrected chi connectivity index (χ3v) is 0. The number of hydrogen-bond acceptors (Lipinski definition) is 0. The van der Waals surface area contributed by atoms with Crippen molar-refractivity contribution in [3.8, 4) is 0 Å². The largest absolute Gasteiger partial charge is 0.412 e. The Morgan fingerprint density at radius 1 is 0.600 bits per heavy atom. The zero-order chi connectivity index (χ0) is 0. The second kappa shape index (κ2) is 61.3. The van der Waals surface area contributed by atoms with E-state index in [2.05, 4.69) is 0 Å². The molecule has 4 N–H and O–H groups in total. The molecule has 0 aromatic heterocycles. The molecule has 43 valence electrons. The molecule has 0 rings (SSSR count). The molecule has 0 saturated heterocycles. The summed E-state index contributed by atoms with van der Waals surface area (Å²) in [5.41, 5.74) is 0. The summed E-state index contributed by atoms with van der Waals surface area (Å²) in [7, 11) is 0. The number of halogens is 2. The first-order valence-corrected chi connectivity index (χ1v) is 0. The van der Waals surface area contributed by atoms with E-state index in [1.54, 1.807) is 0 Å². The fourth-order valence-corrected chi connectivity index (χ4v) is 0. The van der Waals surface area contributed by atoms with Gasteiger partial charge in [-0.25, -0.2) is 0 Å². The van der Waals surface area contributed by atoms with Gasteiger partial charge in [0.05, 0.1) is 0 Å². The van der Waals surface area contributed by atoms with Gasteiger partial charge in [0.1, 0.15) is 0 Å². The van der Waals surface area contributed by atoms with Crippen LogP contribution >= 0.6 is 24.8 Å². The molecule has 0 fully saturated rings. The molecule has 0 aliphatic heterocycles. The van der Waals surface area contributed by atoms with E-state index in [4.69, 9.17) is 0 Å². The second-order valence-electron chi connectivity index (χ2n) is 0. The Hall–Kier alpha value is 1.24. The Labute approximate surface area is 58.3 Å². The Morgan fingerprint density at radius 3 is 0.600 bits per heavy atom. The van der Waals surface area contributed by atoms with Gasteiger partial charge in [0.2, 0.25) is 0 Å². The van der Waals surface area contributed by atoms with Crippen LogP contribution in [0.5, 0.6) is 0 Å². The topological polar surface area (TPSA) is 63.0 Å². The maximum atomic E-state index is 0. The molecule has 0 aliphatic carbocycles. The van der Waals surface area contributed by atoms with Gasteiger partial charge in [-0.1, -0.05) is 0 Å². The quantitative estimate of drug-likeness (QED) is 0.476. The summed E-state index contributed by atoms with van der Waals surface area (Å²) in [6.45, 7) is 0. The van der Waals surface area contributed by atoms with Crippen molar-refractivity contribution in [3.05, 3.63) is 0 Å². The molecule has 2 nitrogen and oxygen atoms in total. The summed E-state index contributed by atoms with van der Waals surface area (Å²) < 4.78 is 0. The zero-order valence-electron chi connectivity index (χ0n) is 2.12. The summed E-state index contributed by atoms with van der Waals surface area (Å²) in [4.78, 5) is 0. The SMILES string of the molecule is Cl.Cl.O.O.[Ag].